The van der Waals surface area contributed by atoms with Gasteiger partial charge in [0.1, 0.15) is 0 Å². The van der Waals surface area contributed by atoms with Gasteiger partial charge in [0.25, 0.3) is 5.69 Å². The summed E-state index contributed by atoms with van der Waals surface area (Å²) in [4.78, 5) is 7.13. The molecule has 0 saturated heterocycles. The minimum absolute atomic E-state index is 0.0391. The van der Waals surface area contributed by atoms with Crippen molar-refractivity contribution in [3.05, 3.63) is 58.6 Å². The third-order valence-electron chi connectivity index (χ3n) is 5.61. The maximum Gasteiger partial charge on any atom is 0.348 e. The van der Waals surface area contributed by atoms with Crippen molar-refractivity contribution in [3.63, 3.8) is 0 Å². The molecule has 0 saturated carbocycles. The summed E-state index contributed by atoms with van der Waals surface area (Å²) >= 11 is 0. The third-order valence-corrected chi connectivity index (χ3v) is 16.7. The minimum atomic E-state index is -4.02. The number of nitrogens with zero attached hydrogens (tertiary/aromatic N) is 1. The zero-order valence-corrected chi connectivity index (χ0v) is 27.7. The lowest BCUT2D eigenvalue weighted by Gasteiger charge is -2.23. The number of anilines is 1. The fraction of sp³-hybridized carbons (Fsp3) is 0.500. The van der Waals surface area contributed by atoms with E-state index in [1.54, 1.807) is 27.7 Å². The number of nitro benzene ring substituents is 1. The number of benzene rings is 2. The predicted octanol–water partition coefficient (Wildman–Crippen LogP) is 5.64. The van der Waals surface area contributed by atoms with Crippen molar-refractivity contribution < 1.29 is 49.0 Å². The van der Waals surface area contributed by atoms with E-state index in [0.717, 1.165) is 24.3 Å². The van der Waals surface area contributed by atoms with Gasteiger partial charge in [-0.1, -0.05) is 0 Å². The fourth-order valence-electron chi connectivity index (χ4n) is 3.36. The van der Waals surface area contributed by atoms with Gasteiger partial charge in [0.15, 0.2) is 29.7 Å². The maximum absolute atomic E-state index is 12.6. The lowest BCUT2D eigenvalue weighted by atomic mass is 10.3. The summed E-state index contributed by atoms with van der Waals surface area (Å²) in [6, 6.07) is 10.1. The van der Waals surface area contributed by atoms with Crippen molar-refractivity contribution in [2.75, 3.05) is 32.2 Å². The van der Waals surface area contributed by atoms with Crippen molar-refractivity contribution >= 4 is 46.2 Å². The lowest BCUT2D eigenvalue weighted by molar-refractivity contribution is -0.384. The average Bonchev–Trinajstić information content (AvgIpc) is 2.93. The second-order valence-corrected chi connectivity index (χ2v) is 18.3. The Labute approximate surface area is 246 Å². The number of nitro groups is 1. The van der Waals surface area contributed by atoms with Gasteiger partial charge in [-0.15, -0.1) is 0 Å². The lowest BCUT2D eigenvalue weighted by Crippen LogP contribution is -2.21. The van der Waals surface area contributed by atoms with Gasteiger partial charge < -0.3 is 23.8 Å². The largest absolute Gasteiger partial charge is 0.399 e. The number of hydrogen-bond donors (Lipinski definition) is 1. The Kier molecular flexibility index (Phi) is 14.5. The first-order valence-corrected chi connectivity index (χ1v) is 19.1. The van der Waals surface area contributed by atoms with Crippen LogP contribution < -0.4 is 5.73 Å². The van der Waals surface area contributed by atoms with Crippen LogP contribution in [0.25, 0.3) is 0 Å². The van der Waals surface area contributed by atoms with Crippen molar-refractivity contribution in [3.8, 4) is 0 Å². The number of rotatable bonds is 15. The molecule has 0 radical (unpaired) electrons. The quantitative estimate of drug-likeness (QED) is 0.105. The monoisotopic (exact) mass is 672 g/mol. The molecular formula is C24H38N2O12P2S2. The van der Waals surface area contributed by atoms with E-state index in [-0.39, 0.29) is 41.9 Å². The molecule has 2 aromatic carbocycles. The normalized spacial score (nSPS) is 14.0. The Bertz CT molecular complexity index is 1460. The Hall–Kier alpha value is -2.16. The second kappa shape index (κ2) is 16.1. The molecule has 2 rings (SSSR count). The van der Waals surface area contributed by atoms with Crippen LogP contribution in [0.5, 0.6) is 0 Å². The molecule has 42 heavy (non-hydrogen) atoms. The van der Waals surface area contributed by atoms with Crippen molar-refractivity contribution in [1.29, 1.82) is 0 Å². The van der Waals surface area contributed by atoms with E-state index in [2.05, 4.69) is 0 Å². The van der Waals surface area contributed by atoms with Crippen molar-refractivity contribution in [2.24, 2.45) is 0 Å². The van der Waals surface area contributed by atoms with E-state index in [1.807, 2.05) is 0 Å². The minimum Gasteiger partial charge on any atom is -0.399 e. The van der Waals surface area contributed by atoms with Crippen LogP contribution in [0.3, 0.4) is 0 Å². The van der Waals surface area contributed by atoms with Gasteiger partial charge in [0.05, 0.1) is 41.1 Å². The first-order chi connectivity index (χ1) is 19.5. The number of nitrogen functional groups attached to an aromatic ring is 1. The highest BCUT2D eigenvalue weighted by molar-refractivity contribution is 7.99. The Morgan fingerprint density at radius 1 is 0.690 bits per heavy atom. The Morgan fingerprint density at radius 3 is 1.24 bits per heavy atom. The molecule has 0 aliphatic carbocycles. The molecule has 0 aliphatic heterocycles. The summed E-state index contributed by atoms with van der Waals surface area (Å²) in [5, 5.41) is 10.6. The highest BCUT2D eigenvalue weighted by Gasteiger charge is 2.43. The van der Waals surface area contributed by atoms with Gasteiger partial charge in [-0.25, -0.2) is 16.8 Å². The zero-order valence-electron chi connectivity index (χ0n) is 24.2. The molecule has 0 spiro atoms. The van der Waals surface area contributed by atoms with Crippen LogP contribution >= 0.6 is 15.2 Å². The molecule has 0 aromatic heterocycles. The molecule has 0 heterocycles. The molecule has 0 bridgehead atoms. The highest BCUT2D eigenvalue weighted by atomic mass is 32.2. The van der Waals surface area contributed by atoms with Crippen LogP contribution in [0.4, 0.5) is 11.4 Å². The Balaban J connectivity index is 0.000000422. The van der Waals surface area contributed by atoms with Crippen molar-refractivity contribution in [2.45, 2.75) is 61.3 Å². The summed E-state index contributed by atoms with van der Waals surface area (Å²) in [6.07, 6.45) is 0. The van der Waals surface area contributed by atoms with Crippen molar-refractivity contribution in [1.82, 2.24) is 0 Å². The van der Waals surface area contributed by atoms with E-state index in [1.165, 1.54) is 38.1 Å². The van der Waals surface area contributed by atoms with E-state index < -0.39 is 49.8 Å². The molecule has 0 amide bonds. The molecule has 238 valence electrons. The highest BCUT2D eigenvalue weighted by Crippen LogP contribution is 2.56. The van der Waals surface area contributed by atoms with Gasteiger partial charge in [-0.3, -0.25) is 19.2 Å². The standard InChI is InChI=1S/C12H18NO7PS.C12H20NO5PS/c1-4-19-21(16,20-5-2)10(3)22(17,18)12-8-6-11(7-9-12)13(14)15;1-4-17-19(14,18-5-2)10(3)20(15,16)12-8-6-11(13)7-9-12/h6-10H,4-5H2,1-3H3;6-10H,4-5,13H2,1-3H3. The number of nitrogens with two attached hydrogens (primary N) is 1. The summed E-state index contributed by atoms with van der Waals surface area (Å²) in [7, 11) is -15.4. The summed E-state index contributed by atoms with van der Waals surface area (Å²) in [5.74, 6) is 0. The van der Waals surface area contributed by atoms with E-state index in [4.69, 9.17) is 23.8 Å². The number of sulfone groups is 2. The van der Waals surface area contributed by atoms with E-state index in [9.17, 15) is 36.1 Å². The third kappa shape index (κ3) is 9.42. The summed E-state index contributed by atoms with van der Waals surface area (Å²) in [5.41, 5.74) is 5.75. The SMILES string of the molecule is CCOP(=O)(OCC)C(C)S(=O)(=O)c1ccc(N)cc1.CCOP(=O)(OCC)C(C)S(=O)(=O)c1ccc([N+](=O)[O-])cc1. The van der Waals surface area contributed by atoms with E-state index >= 15 is 0 Å². The van der Waals surface area contributed by atoms with Crippen LogP contribution in [0.15, 0.2) is 58.3 Å². The van der Waals surface area contributed by atoms with Gasteiger partial charge >= 0.3 is 15.2 Å². The summed E-state index contributed by atoms with van der Waals surface area (Å²) < 4.78 is 95.4. The van der Waals surface area contributed by atoms with E-state index in [0.29, 0.717) is 5.69 Å². The maximum atomic E-state index is 12.6. The molecule has 0 fully saturated rings. The molecule has 2 aromatic rings. The first-order valence-electron chi connectivity index (χ1n) is 12.8. The van der Waals surface area contributed by atoms with Crippen LogP contribution in [-0.2, 0) is 46.9 Å². The molecule has 2 N–H and O–H groups in total. The van der Waals surface area contributed by atoms with Crippen LogP contribution in [0, 0.1) is 10.1 Å². The molecule has 0 aliphatic rings. The summed E-state index contributed by atoms with van der Waals surface area (Å²) in [6.45, 7) is 9.30. The van der Waals surface area contributed by atoms with Gasteiger partial charge in [-0.05, 0) is 77.9 Å². The van der Waals surface area contributed by atoms with Crippen LogP contribution in [0.2, 0.25) is 0 Å². The van der Waals surface area contributed by atoms with Gasteiger partial charge in [0, 0.05) is 17.8 Å². The molecular weight excluding hydrogens is 634 g/mol. The zero-order chi connectivity index (χ0) is 32.4. The molecule has 2 unspecified atom stereocenters. The molecule has 2 atom stereocenters. The smallest absolute Gasteiger partial charge is 0.348 e. The first kappa shape index (κ1) is 37.9. The number of non-ortho nitro benzene ring substituents is 1. The Morgan fingerprint density at radius 2 is 0.976 bits per heavy atom. The van der Waals surface area contributed by atoms with Gasteiger partial charge in [-0.2, -0.15) is 0 Å². The van der Waals surface area contributed by atoms with Crippen LogP contribution in [0.1, 0.15) is 41.5 Å². The fourth-order valence-corrected chi connectivity index (χ4v) is 11.8. The molecule has 14 nitrogen and oxygen atoms in total. The van der Waals surface area contributed by atoms with Gasteiger partial charge in [0.2, 0.25) is 0 Å². The predicted molar refractivity (Wildman–Crippen MR) is 159 cm³/mol. The second-order valence-electron chi connectivity index (χ2n) is 8.36. The average molecular weight is 673 g/mol. The number of hydrogen-bond acceptors (Lipinski definition) is 13. The van der Waals surface area contributed by atoms with Crippen LogP contribution in [-0.4, -0.2) is 58.2 Å². The molecule has 18 heteroatoms. The topological polar surface area (TPSA) is 208 Å².